The van der Waals surface area contributed by atoms with Gasteiger partial charge < -0.3 is 20.5 Å². The molecule has 0 heterocycles. The minimum absolute atomic E-state index is 0.133. The van der Waals surface area contributed by atoms with Crippen molar-refractivity contribution in [2.45, 2.75) is 13.5 Å². The molecule has 34 heavy (non-hydrogen) atoms. The van der Waals surface area contributed by atoms with Crippen LogP contribution in [0.2, 0.25) is 5.02 Å². The first-order valence-corrected chi connectivity index (χ1v) is 11.0. The molecule has 4 rings (SSSR count). The highest BCUT2D eigenvalue weighted by atomic mass is 35.5. The molecule has 1 amide bonds. The standard InChI is InChI=1S/C27H23ClN2O4/c1-17-6-10-20(11-7-17)30-26(31)16-34-25-13-9-18-4-2-3-5-21(18)22(25)15-29-24-14-19(27(32)33)8-12-23(24)28/h2-14,29H,15-16H2,1H3,(H,30,31)(H,32,33). The van der Waals surface area contributed by atoms with E-state index in [0.29, 0.717) is 28.7 Å². The van der Waals surface area contributed by atoms with E-state index in [1.807, 2.05) is 67.6 Å². The van der Waals surface area contributed by atoms with Gasteiger partial charge in [0.2, 0.25) is 0 Å². The SMILES string of the molecule is Cc1ccc(NC(=O)COc2ccc3ccccc3c2CNc2cc(C(=O)O)ccc2Cl)cc1. The average molecular weight is 475 g/mol. The lowest BCUT2D eigenvalue weighted by atomic mass is 10.0. The third-order valence-corrected chi connectivity index (χ3v) is 5.69. The highest BCUT2D eigenvalue weighted by Crippen LogP contribution is 2.31. The lowest BCUT2D eigenvalue weighted by Crippen LogP contribution is -2.20. The van der Waals surface area contributed by atoms with Crippen LogP contribution in [-0.2, 0) is 11.3 Å². The van der Waals surface area contributed by atoms with E-state index in [2.05, 4.69) is 10.6 Å². The van der Waals surface area contributed by atoms with E-state index in [0.717, 1.165) is 21.9 Å². The number of rotatable bonds is 8. The van der Waals surface area contributed by atoms with Gasteiger partial charge in [-0.15, -0.1) is 0 Å². The normalized spacial score (nSPS) is 10.6. The fraction of sp³-hybridized carbons (Fsp3) is 0.111. The van der Waals surface area contributed by atoms with Gasteiger partial charge in [0.1, 0.15) is 5.75 Å². The second kappa shape index (κ2) is 10.3. The van der Waals surface area contributed by atoms with Crippen molar-refractivity contribution >= 4 is 45.6 Å². The summed E-state index contributed by atoms with van der Waals surface area (Å²) in [7, 11) is 0. The molecule has 3 N–H and O–H groups in total. The zero-order chi connectivity index (χ0) is 24.1. The summed E-state index contributed by atoms with van der Waals surface area (Å²) in [6.07, 6.45) is 0. The quantitative estimate of drug-likeness (QED) is 0.286. The lowest BCUT2D eigenvalue weighted by molar-refractivity contribution is -0.118. The molecule has 0 aliphatic rings. The monoisotopic (exact) mass is 474 g/mol. The van der Waals surface area contributed by atoms with Gasteiger partial charge in [0, 0.05) is 17.8 Å². The fourth-order valence-electron chi connectivity index (χ4n) is 3.59. The molecular formula is C27H23ClN2O4. The van der Waals surface area contributed by atoms with Gasteiger partial charge in [0.25, 0.3) is 5.91 Å². The van der Waals surface area contributed by atoms with Crippen LogP contribution in [0.25, 0.3) is 10.8 Å². The van der Waals surface area contributed by atoms with Crippen LogP contribution in [0.3, 0.4) is 0 Å². The molecule has 0 saturated heterocycles. The van der Waals surface area contributed by atoms with Crippen molar-refractivity contribution in [1.29, 1.82) is 0 Å². The maximum atomic E-state index is 12.4. The van der Waals surface area contributed by atoms with E-state index in [1.54, 1.807) is 6.07 Å². The first-order valence-electron chi connectivity index (χ1n) is 10.7. The largest absolute Gasteiger partial charge is 0.483 e. The van der Waals surface area contributed by atoms with Crippen LogP contribution >= 0.6 is 11.6 Å². The third-order valence-electron chi connectivity index (χ3n) is 5.36. The molecule has 0 aromatic heterocycles. The van der Waals surface area contributed by atoms with Crippen LogP contribution in [0.1, 0.15) is 21.5 Å². The van der Waals surface area contributed by atoms with Crippen molar-refractivity contribution in [3.05, 3.63) is 101 Å². The van der Waals surface area contributed by atoms with Crippen molar-refractivity contribution < 1.29 is 19.4 Å². The number of ether oxygens (including phenoxy) is 1. The molecule has 6 nitrogen and oxygen atoms in total. The molecule has 0 unspecified atom stereocenters. The first kappa shape index (κ1) is 23.1. The van der Waals surface area contributed by atoms with Crippen LogP contribution in [-0.4, -0.2) is 23.6 Å². The molecule has 0 radical (unpaired) electrons. The number of aromatic carboxylic acids is 1. The van der Waals surface area contributed by atoms with Gasteiger partial charge in [-0.25, -0.2) is 4.79 Å². The Balaban J connectivity index is 1.55. The number of amides is 1. The van der Waals surface area contributed by atoms with Gasteiger partial charge in [-0.2, -0.15) is 0 Å². The maximum Gasteiger partial charge on any atom is 0.335 e. The van der Waals surface area contributed by atoms with Crippen molar-refractivity contribution in [2.24, 2.45) is 0 Å². The topological polar surface area (TPSA) is 87.7 Å². The first-order chi connectivity index (χ1) is 16.4. The summed E-state index contributed by atoms with van der Waals surface area (Å²) >= 11 is 6.28. The molecule has 7 heteroatoms. The summed E-state index contributed by atoms with van der Waals surface area (Å²) in [6.45, 7) is 2.14. The van der Waals surface area contributed by atoms with E-state index < -0.39 is 5.97 Å². The number of fused-ring (bicyclic) bond motifs is 1. The molecule has 0 spiro atoms. The van der Waals surface area contributed by atoms with Gasteiger partial charge in [-0.05, 0) is 54.1 Å². The number of hydrogen-bond acceptors (Lipinski definition) is 4. The zero-order valence-corrected chi connectivity index (χ0v) is 19.2. The lowest BCUT2D eigenvalue weighted by Gasteiger charge is -2.16. The van der Waals surface area contributed by atoms with Gasteiger partial charge in [0.15, 0.2) is 6.61 Å². The number of hydrogen-bond donors (Lipinski definition) is 3. The van der Waals surface area contributed by atoms with Crippen molar-refractivity contribution in [1.82, 2.24) is 0 Å². The van der Waals surface area contributed by atoms with Gasteiger partial charge in [-0.1, -0.05) is 59.6 Å². The minimum Gasteiger partial charge on any atom is -0.483 e. The molecule has 0 bridgehead atoms. The van der Waals surface area contributed by atoms with Crippen LogP contribution in [0.4, 0.5) is 11.4 Å². The Kier molecular flexibility index (Phi) is 6.99. The van der Waals surface area contributed by atoms with E-state index in [1.165, 1.54) is 12.1 Å². The number of aryl methyl sites for hydroxylation is 1. The van der Waals surface area contributed by atoms with E-state index in [-0.39, 0.29) is 18.1 Å². The Morgan fingerprint density at radius 1 is 0.971 bits per heavy atom. The van der Waals surface area contributed by atoms with Gasteiger partial charge in [0.05, 0.1) is 16.3 Å². The van der Waals surface area contributed by atoms with Crippen LogP contribution in [0.15, 0.2) is 78.9 Å². The third kappa shape index (κ3) is 5.47. The fourth-order valence-corrected chi connectivity index (χ4v) is 3.77. The van der Waals surface area contributed by atoms with E-state index in [4.69, 9.17) is 16.3 Å². The summed E-state index contributed by atoms with van der Waals surface area (Å²) in [5.74, 6) is -0.752. The highest BCUT2D eigenvalue weighted by molar-refractivity contribution is 6.33. The van der Waals surface area contributed by atoms with Gasteiger partial charge in [-0.3, -0.25) is 4.79 Å². The Morgan fingerprint density at radius 3 is 2.50 bits per heavy atom. The van der Waals surface area contributed by atoms with Crippen LogP contribution in [0, 0.1) is 6.92 Å². The van der Waals surface area contributed by atoms with Crippen LogP contribution < -0.4 is 15.4 Å². The van der Waals surface area contributed by atoms with E-state index in [9.17, 15) is 14.7 Å². The van der Waals surface area contributed by atoms with Crippen molar-refractivity contribution in [3.63, 3.8) is 0 Å². The molecule has 0 aliphatic heterocycles. The van der Waals surface area contributed by atoms with Crippen LogP contribution in [0.5, 0.6) is 5.75 Å². The molecule has 4 aromatic carbocycles. The Morgan fingerprint density at radius 2 is 1.74 bits per heavy atom. The zero-order valence-electron chi connectivity index (χ0n) is 18.5. The predicted molar refractivity (Wildman–Crippen MR) is 135 cm³/mol. The number of carboxylic acids is 1. The molecule has 0 atom stereocenters. The molecule has 0 aliphatic carbocycles. The summed E-state index contributed by atoms with van der Waals surface area (Å²) in [5.41, 5.74) is 3.27. The number of anilines is 2. The summed E-state index contributed by atoms with van der Waals surface area (Å²) in [5, 5.41) is 17.7. The van der Waals surface area contributed by atoms with E-state index >= 15 is 0 Å². The highest BCUT2D eigenvalue weighted by Gasteiger charge is 2.13. The van der Waals surface area contributed by atoms with Crippen molar-refractivity contribution in [2.75, 3.05) is 17.2 Å². The van der Waals surface area contributed by atoms with Gasteiger partial charge >= 0.3 is 5.97 Å². The smallest absolute Gasteiger partial charge is 0.335 e. The second-order valence-corrected chi connectivity index (χ2v) is 8.23. The Bertz CT molecular complexity index is 1350. The number of halogens is 1. The summed E-state index contributed by atoms with van der Waals surface area (Å²) in [4.78, 5) is 23.8. The number of benzene rings is 4. The number of carbonyl (C=O) groups is 2. The average Bonchev–Trinajstić information content (AvgIpc) is 2.83. The maximum absolute atomic E-state index is 12.4. The molecule has 4 aromatic rings. The number of nitrogens with one attached hydrogen (secondary N) is 2. The predicted octanol–water partition coefficient (Wildman–Crippen LogP) is 6.13. The molecular weight excluding hydrogens is 452 g/mol. The molecule has 0 saturated carbocycles. The second-order valence-electron chi connectivity index (χ2n) is 7.82. The summed E-state index contributed by atoms with van der Waals surface area (Å²) < 4.78 is 5.90. The summed E-state index contributed by atoms with van der Waals surface area (Å²) in [6, 6.07) is 23.6. The number of carbonyl (C=O) groups excluding carboxylic acids is 1. The Labute approximate surface area is 202 Å². The molecule has 172 valence electrons. The minimum atomic E-state index is -1.03. The molecule has 0 fully saturated rings. The van der Waals surface area contributed by atoms with Crippen molar-refractivity contribution in [3.8, 4) is 5.75 Å². The Hall–Kier alpha value is -4.03. The number of carboxylic acid groups (broad SMARTS) is 1.